The van der Waals surface area contributed by atoms with Crippen LogP contribution in [-0.2, 0) is 4.74 Å². The molecular formula is C22H44N6O. The number of nitrogens with two attached hydrogens (primary N) is 2. The average molecular weight is 409 g/mol. The lowest BCUT2D eigenvalue weighted by atomic mass is 10.2. The Morgan fingerprint density at radius 2 is 1.79 bits per heavy atom. The maximum absolute atomic E-state index is 7.37. The van der Waals surface area contributed by atoms with E-state index in [-0.39, 0.29) is 5.84 Å². The molecule has 7 nitrogen and oxygen atoms in total. The van der Waals surface area contributed by atoms with Crippen LogP contribution in [0.15, 0.2) is 35.6 Å². The summed E-state index contributed by atoms with van der Waals surface area (Å²) in [5, 5.41) is 19.6. The van der Waals surface area contributed by atoms with Gasteiger partial charge in [-0.1, -0.05) is 39.2 Å². The zero-order valence-electron chi connectivity index (χ0n) is 18.7. The predicted molar refractivity (Wildman–Crippen MR) is 127 cm³/mol. The number of ether oxygens (including phenoxy) is 1. The van der Waals surface area contributed by atoms with E-state index in [2.05, 4.69) is 30.2 Å². The molecule has 0 aromatic heterocycles. The molecule has 0 saturated heterocycles. The second-order valence-electron chi connectivity index (χ2n) is 6.49. The van der Waals surface area contributed by atoms with Crippen LogP contribution < -0.4 is 22.1 Å². The summed E-state index contributed by atoms with van der Waals surface area (Å²) in [5.41, 5.74) is 10.6. The molecule has 0 spiro atoms. The van der Waals surface area contributed by atoms with Crippen molar-refractivity contribution < 1.29 is 4.74 Å². The fraction of sp³-hybridized carbons (Fsp3) is 0.636. The van der Waals surface area contributed by atoms with Crippen LogP contribution in [0.1, 0.15) is 58.8 Å². The van der Waals surface area contributed by atoms with E-state index in [1.807, 2.05) is 31.4 Å². The molecule has 0 aliphatic heterocycles. The summed E-state index contributed by atoms with van der Waals surface area (Å²) < 4.78 is 5.67. The van der Waals surface area contributed by atoms with Gasteiger partial charge in [0.25, 0.3) is 0 Å². The Bertz CT molecular complexity index is 480. The largest absolute Gasteiger partial charge is 0.494 e. The molecule has 0 radical (unpaired) electrons. The molecular weight excluding hydrogens is 364 g/mol. The van der Waals surface area contributed by atoms with Crippen LogP contribution in [0.25, 0.3) is 0 Å². The van der Waals surface area contributed by atoms with Gasteiger partial charge >= 0.3 is 0 Å². The van der Waals surface area contributed by atoms with Crippen molar-refractivity contribution >= 4 is 12.2 Å². The lowest BCUT2D eigenvalue weighted by Crippen LogP contribution is -2.14. The third-order valence-electron chi connectivity index (χ3n) is 3.94. The Morgan fingerprint density at radius 3 is 2.38 bits per heavy atom. The molecule has 168 valence electrons. The molecule has 29 heavy (non-hydrogen) atoms. The fourth-order valence-corrected chi connectivity index (χ4v) is 2.36. The van der Waals surface area contributed by atoms with Crippen LogP contribution in [0.4, 0.5) is 0 Å². The molecule has 7 heteroatoms. The minimum absolute atomic E-state index is 0.103. The second-order valence-corrected chi connectivity index (χ2v) is 6.49. The van der Waals surface area contributed by atoms with Crippen LogP contribution in [0, 0.1) is 10.8 Å². The highest BCUT2D eigenvalue weighted by Crippen LogP contribution is 2.12. The quantitative estimate of drug-likeness (QED) is 0.158. The van der Waals surface area contributed by atoms with Crippen molar-refractivity contribution in [1.29, 1.82) is 10.8 Å². The van der Waals surface area contributed by atoms with Gasteiger partial charge in [-0.15, -0.1) is 0 Å². The Kier molecular flexibility index (Phi) is 24.0. The van der Waals surface area contributed by atoms with Crippen molar-refractivity contribution in [1.82, 2.24) is 10.6 Å². The third kappa shape index (κ3) is 22.0. The zero-order chi connectivity index (χ0) is 22.2. The Hall–Kier alpha value is -2.12. The summed E-state index contributed by atoms with van der Waals surface area (Å²) in [6.45, 7) is 8.33. The van der Waals surface area contributed by atoms with Gasteiger partial charge in [-0.25, -0.2) is 0 Å². The lowest BCUT2D eigenvalue weighted by Gasteiger charge is -2.06. The van der Waals surface area contributed by atoms with Crippen molar-refractivity contribution in [3.05, 3.63) is 35.6 Å². The van der Waals surface area contributed by atoms with Gasteiger partial charge in [-0.3, -0.25) is 10.8 Å². The molecule has 0 aromatic rings. The first-order valence-electron chi connectivity index (χ1n) is 10.7. The molecule has 0 atom stereocenters. The molecule has 8 N–H and O–H groups in total. The van der Waals surface area contributed by atoms with Crippen LogP contribution >= 0.6 is 0 Å². The Balaban J connectivity index is 0. The molecule has 1 aliphatic carbocycles. The highest BCUT2D eigenvalue weighted by Gasteiger charge is 2.01. The van der Waals surface area contributed by atoms with Gasteiger partial charge in [-0.05, 0) is 70.6 Å². The summed E-state index contributed by atoms with van der Waals surface area (Å²) in [5.74, 6) is 0.970. The smallest absolute Gasteiger partial charge is 0.122 e. The summed E-state index contributed by atoms with van der Waals surface area (Å²) in [4.78, 5) is 0. The van der Waals surface area contributed by atoms with Gasteiger partial charge in [0.05, 0.1) is 12.9 Å². The molecule has 1 aliphatic rings. The number of allylic oxidation sites excluding steroid dienone is 3. The van der Waals surface area contributed by atoms with E-state index in [4.69, 9.17) is 21.3 Å². The molecule has 0 heterocycles. The summed E-state index contributed by atoms with van der Waals surface area (Å²) in [6, 6.07) is 0. The zero-order valence-corrected chi connectivity index (χ0v) is 18.7. The first-order chi connectivity index (χ1) is 14.1. The van der Waals surface area contributed by atoms with Gasteiger partial charge in [0, 0.05) is 5.57 Å². The molecule has 0 unspecified atom stereocenters. The number of nitrogens with one attached hydrogen (secondary N) is 4. The Labute approximate surface area is 178 Å². The van der Waals surface area contributed by atoms with Gasteiger partial charge in [0.1, 0.15) is 11.6 Å². The minimum atomic E-state index is 0.103. The lowest BCUT2D eigenvalue weighted by molar-refractivity contribution is 0.217. The van der Waals surface area contributed by atoms with Gasteiger partial charge < -0.3 is 26.8 Å². The maximum atomic E-state index is 7.37. The minimum Gasteiger partial charge on any atom is -0.494 e. The number of rotatable bonds is 13. The monoisotopic (exact) mass is 408 g/mol. The third-order valence-corrected chi connectivity index (χ3v) is 3.94. The molecule has 0 amide bonds. The summed E-state index contributed by atoms with van der Waals surface area (Å²) >= 11 is 0. The molecule has 0 fully saturated rings. The van der Waals surface area contributed by atoms with Gasteiger partial charge in [0.2, 0.25) is 0 Å². The van der Waals surface area contributed by atoms with Crippen LogP contribution in [0.5, 0.6) is 0 Å². The SMILES string of the molecule is CCCCCCNC.CCNCCCCOC1=CCC=C(C(=N)N)C=C1.N=CN. The van der Waals surface area contributed by atoms with Crippen molar-refractivity contribution in [3.63, 3.8) is 0 Å². The standard InChI is InChI=1S/C14H23N3O.C7H17N.CH4N2/c1-2-17-10-3-4-11-18-13-7-5-6-12(8-9-13)14(15)16;1-3-4-5-6-7-8-2;2-1-3/h6-9,17H,2-5,10-11H2,1H3,(H3,15,16);8H,3-7H2,1-2H3;1H,(H3,2,3). The van der Waals surface area contributed by atoms with Crippen molar-refractivity contribution in [3.8, 4) is 0 Å². The molecule has 0 aromatic carbocycles. The summed E-state index contributed by atoms with van der Waals surface area (Å²) in [6.07, 6.45) is 16.8. The van der Waals surface area contributed by atoms with E-state index in [1.165, 1.54) is 32.2 Å². The Morgan fingerprint density at radius 1 is 1.10 bits per heavy atom. The molecule has 0 bridgehead atoms. The first-order valence-corrected chi connectivity index (χ1v) is 10.7. The highest BCUT2D eigenvalue weighted by molar-refractivity contribution is 5.97. The van der Waals surface area contributed by atoms with Crippen LogP contribution in [-0.4, -0.2) is 45.5 Å². The van der Waals surface area contributed by atoms with E-state index < -0.39 is 0 Å². The maximum Gasteiger partial charge on any atom is 0.122 e. The number of hydrogen-bond acceptors (Lipinski definition) is 5. The van der Waals surface area contributed by atoms with Crippen LogP contribution in [0.2, 0.25) is 0 Å². The van der Waals surface area contributed by atoms with Crippen molar-refractivity contribution in [2.45, 2.75) is 58.8 Å². The van der Waals surface area contributed by atoms with Crippen molar-refractivity contribution in [2.75, 3.05) is 33.3 Å². The number of unbranched alkanes of at least 4 members (excludes halogenated alkanes) is 4. The van der Waals surface area contributed by atoms with E-state index >= 15 is 0 Å². The number of amidine groups is 1. The van der Waals surface area contributed by atoms with E-state index in [9.17, 15) is 0 Å². The van der Waals surface area contributed by atoms with E-state index in [0.29, 0.717) is 0 Å². The van der Waals surface area contributed by atoms with Gasteiger partial charge in [-0.2, -0.15) is 0 Å². The molecule has 1 rings (SSSR count). The predicted octanol–water partition coefficient (Wildman–Crippen LogP) is 3.44. The normalized spacial score (nSPS) is 12.2. The second kappa shape index (κ2) is 23.9. The van der Waals surface area contributed by atoms with E-state index in [0.717, 1.165) is 56.6 Å². The van der Waals surface area contributed by atoms with Gasteiger partial charge in [0.15, 0.2) is 0 Å². The van der Waals surface area contributed by atoms with Crippen LogP contribution in [0.3, 0.4) is 0 Å². The summed E-state index contributed by atoms with van der Waals surface area (Å²) in [7, 11) is 2.01. The fourth-order valence-electron chi connectivity index (χ4n) is 2.36. The topological polar surface area (TPSA) is 133 Å². The first kappa shape index (κ1) is 29.1. The van der Waals surface area contributed by atoms with Crippen molar-refractivity contribution in [2.24, 2.45) is 11.5 Å². The number of hydrogen-bond donors (Lipinski definition) is 6. The molecule has 0 saturated carbocycles. The highest BCUT2D eigenvalue weighted by atomic mass is 16.5. The van der Waals surface area contributed by atoms with E-state index in [1.54, 1.807) is 0 Å². The average Bonchev–Trinajstić information content (AvgIpc) is 2.95.